The van der Waals surface area contributed by atoms with E-state index in [2.05, 4.69) is 63.1 Å². The third-order valence-electron chi connectivity index (χ3n) is 3.30. The standard InChI is InChI=1S/C15H27N3O/c1-12(2)16-9-13-7-8-14(17-10-13)19-11-15(3,4)18(5)6/h7-8,10,12,16H,9,11H2,1-6H3. The summed E-state index contributed by atoms with van der Waals surface area (Å²) in [4.78, 5) is 6.49. The molecular weight excluding hydrogens is 238 g/mol. The molecule has 19 heavy (non-hydrogen) atoms. The van der Waals surface area contributed by atoms with Crippen molar-refractivity contribution in [2.75, 3.05) is 20.7 Å². The van der Waals surface area contributed by atoms with Crippen molar-refractivity contribution < 1.29 is 4.74 Å². The van der Waals surface area contributed by atoms with E-state index in [9.17, 15) is 0 Å². The first kappa shape index (κ1) is 15.9. The highest BCUT2D eigenvalue weighted by atomic mass is 16.5. The average molecular weight is 265 g/mol. The number of pyridine rings is 1. The van der Waals surface area contributed by atoms with Crippen LogP contribution < -0.4 is 10.1 Å². The molecule has 1 aromatic heterocycles. The molecule has 0 unspecified atom stereocenters. The second-order valence-electron chi connectivity index (χ2n) is 6.04. The van der Waals surface area contributed by atoms with Crippen LogP contribution >= 0.6 is 0 Å². The Labute approximate surface area is 117 Å². The quantitative estimate of drug-likeness (QED) is 0.821. The van der Waals surface area contributed by atoms with Gasteiger partial charge in [-0.1, -0.05) is 19.9 Å². The summed E-state index contributed by atoms with van der Waals surface area (Å²) >= 11 is 0. The summed E-state index contributed by atoms with van der Waals surface area (Å²) in [6.45, 7) is 10.0. The summed E-state index contributed by atoms with van der Waals surface area (Å²) in [5, 5.41) is 3.36. The molecule has 4 nitrogen and oxygen atoms in total. The Balaban J connectivity index is 2.48. The molecule has 1 heterocycles. The Bertz CT molecular complexity index is 371. The monoisotopic (exact) mass is 265 g/mol. The lowest BCUT2D eigenvalue weighted by Crippen LogP contribution is -2.43. The van der Waals surface area contributed by atoms with Gasteiger partial charge in [-0.15, -0.1) is 0 Å². The Hall–Kier alpha value is -1.13. The lowest BCUT2D eigenvalue weighted by Gasteiger charge is -2.31. The minimum atomic E-state index is -0.000447. The summed E-state index contributed by atoms with van der Waals surface area (Å²) in [7, 11) is 4.11. The van der Waals surface area contributed by atoms with E-state index >= 15 is 0 Å². The SMILES string of the molecule is CC(C)NCc1ccc(OCC(C)(C)N(C)C)nc1. The van der Waals surface area contributed by atoms with E-state index in [-0.39, 0.29) is 5.54 Å². The van der Waals surface area contributed by atoms with Crippen molar-refractivity contribution >= 4 is 0 Å². The zero-order chi connectivity index (χ0) is 14.5. The molecule has 0 atom stereocenters. The molecule has 1 aromatic rings. The van der Waals surface area contributed by atoms with Gasteiger partial charge in [0.15, 0.2) is 0 Å². The minimum Gasteiger partial charge on any atom is -0.476 e. The third kappa shape index (κ3) is 5.57. The first-order valence-corrected chi connectivity index (χ1v) is 6.80. The van der Waals surface area contributed by atoms with Crippen LogP contribution in [0.25, 0.3) is 0 Å². The lowest BCUT2D eigenvalue weighted by atomic mass is 10.1. The molecule has 0 saturated carbocycles. The second kappa shape index (κ2) is 6.87. The predicted octanol–water partition coefficient (Wildman–Crippen LogP) is 2.30. The van der Waals surface area contributed by atoms with Crippen LogP contribution in [0.4, 0.5) is 0 Å². The van der Waals surface area contributed by atoms with Gasteiger partial charge in [0.25, 0.3) is 0 Å². The van der Waals surface area contributed by atoms with Crippen LogP contribution in [-0.4, -0.2) is 42.2 Å². The van der Waals surface area contributed by atoms with E-state index in [1.165, 1.54) is 5.56 Å². The Kier molecular flexibility index (Phi) is 5.76. The van der Waals surface area contributed by atoms with E-state index < -0.39 is 0 Å². The summed E-state index contributed by atoms with van der Waals surface area (Å²) in [5.41, 5.74) is 1.17. The summed E-state index contributed by atoms with van der Waals surface area (Å²) in [6.07, 6.45) is 1.87. The molecule has 0 spiro atoms. The van der Waals surface area contributed by atoms with Gasteiger partial charge in [0, 0.05) is 30.4 Å². The van der Waals surface area contributed by atoms with Gasteiger partial charge in [0.2, 0.25) is 5.88 Å². The van der Waals surface area contributed by atoms with E-state index in [1.807, 2.05) is 12.3 Å². The number of hydrogen-bond acceptors (Lipinski definition) is 4. The summed E-state index contributed by atoms with van der Waals surface area (Å²) in [6, 6.07) is 4.47. The summed E-state index contributed by atoms with van der Waals surface area (Å²) < 4.78 is 5.74. The van der Waals surface area contributed by atoms with Crippen molar-refractivity contribution in [3.63, 3.8) is 0 Å². The molecule has 108 valence electrons. The van der Waals surface area contributed by atoms with Crippen molar-refractivity contribution in [3.05, 3.63) is 23.9 Å². The number of likely N-dealkylation sites (N-methyl/N-ethyl adjacent to an activating group) is 1. The molecule has 1 rings (SSSR count). The van der Waals surface area contributed by atoms with Crippen molar-refractivity contribution in [3.8, 4) is 5.88 Å². The summed E-state index contributed by atoms with van der Waals surface area (Å²) in [5.74, 6) is 0.684. The van der Waals surface area contributed by atoms with Gasteiger partial charge in [0.05, 0.1) is 0 Å². The predicted molar refractivity (Wildman–Crippen MR) is 79.5 cm³/mol. The van der Waals surface area contributed by atoms with Crippen LogP contribution in [0, 0.1) is 0 Å². The Morgan fingerprint density at radius 1 is 1.32 bits per heavy atom. The zero-order valence-corrected chi connectivity index (χ0v) is 13.0. The van der Waals surface area contributed by atoms with E-state index in [0.29, 0.717) is 18.5 Å². The van der Waals surface area contributed by atoms with Gasteiger partial charge < -0.3 is 15.0 Å². The maximum absolute atomic E-state index is 5.74. The van der Waals surface area contributed by atoms with Gasteiger partial charge in [-0.3, -0.25) is 0 Å². The fraction of sp³-hybridized carbons (Fsp3) is 0.667. The second-order valence-corrected chi connectivity index (χ2v) is 6.04. The van der Waals surface area contributed by atoms with E-state index in [4.69, 9.17) is 4.74 Å². The Morgan fingerprint density at radius 2 is 2.00 bits per heavy atom. The van der Waals surface area contributed by atoms with Gasteiger partial charge >= 0.3 is 0 Å². The van der Waals surface area contributed by atoms with Crippen molar-refractivity contribution in [2.24, 2.45) is 0 Å². The molecule has 0 aliphatic heterocycles. The smallest absolute Gasteiger partial charge is 0.213 e. The largest absolute Gasteiger partial charge is 0.476 e. The number of rotatable bonds is 7. The molecule has 0 fully saturated rings. The first-order chi connectivity index (χ1) is 8.81. The molecule has 0 amide bonds. The van der Waals surface area contributed by atoms with Crippen molar-refractivity contribution in [2.45, 2.75) is 45.8 Å². The number of nitrogens with zero attached hydrogens (tertiary/aromatic N) is 2. The number of nitrogens with one attached hydrogen (secondary N) is 1. The molecule has 4 heteroatoms. The van der Waals surface area contributed by atoms with E-state index in [1.54, 1.807) is 0 Å². The number of ether oxygens (including phenoxy) is 1. The zero-order valence-electron chi connectivity index (χ0n) is 13.0. The first-order valence-electron chi connectivity index (χ1n) is 6.80. The lowest BCUT2D eigenvalue weighted by molar-refractivity contribution is 0.111. The van der Waals surface area contributed by atoms with Crippen LogP contribution in [0.2, 0.25) is 0 Å². The molecule has 0 saturated heterocycles. The minimum absolute atomic E-state index is 0.000447. The van der Waals surface area contributed by atoms with Gasteiger partial charge in [0.1, 0.15) is 6.61 Å². The maximum Gasteiger partial charge on any atom is 0.213 e. The normalized spacial score (nSPS) is 12.2. The van der Waals surface area contributed by atoms with Gasteiger partial charge in [-0.05, 0) is 33.5 Å². The van der Waals surface area contributed by atoms with Crippen molar-refractivity contribution in [1.82, 2.24) is 15.2 Å². The van der Waals surface area contributed by atoms with Crippen LogP contribution in [-0.2, 0) is 6.54 Å². The van der Waals surface area contributed by atoms with E-state index in [0.717, 1.165) is 6.54 Å². The number of hydrogen-bond donors (Lipinski definition) is 1. The van der Waals surface area contributed by atoms with Crippen molar-refractivity contribution in [1.29, 1.82) is 0 Å². The fourth-order valence-corrected chi connectivity index (χ4v) is 1.30. The molecule has 0 aliphatic rings. The molecule has 0 bridgehead atoms. The molecular formula is C15H27N3O. The van der Waals surface area contributed by atoms with Crippen LogP contribution in [0.15, 0.2) is 18.3 Å². The maximum atomic E-state index is 5.74. The molecule has 0 aliphatic carbocycles. The highest BCUT2D eigenvalue weighted by Gasteiger charge is 2.21. The van der Waals surface area contributed by atoms with Crippen LogP contribution in [0.3, 0.4) is 0 Å². The van der Waals surface area contributed by atoms with Gasteiger partial charge in [-0.25, -0.2) is 4.98 Å². The van der Waals surface area contributed by atoms with Crippen LogP contribution in [0.1, 0.15) is 33.3 Å². The topological polar surface area (TPSA) is 37.4 Å². The van der Waals surface area contributed by atoms with Gasteiger partial charge in [-0.2, -0.15) is 0 Å². The molecule has 0 radical (unpaired) electrons. The molecule has 1 N–H and O–H groups in total. The third-order valence-corrected chi connectivity index (χ3v) is 3.30. The average Bonchev–Trinajstić information content (AvgIpc) is 2.35. The molecule has 0 aromatic carbocycles. The fourth-order valence-electron chi connectivity index (χ4n) is 1.30. The highest BCUT2D eigenvalue weighted by Crippen LogP contribution is 2.14. The Morgan fingerprint density at radius 3 is 2.47 bits per heavy atom. The number of aromatic nitrogens is 1. The van der Waals surface area contributed by atoms with Crippen LogP contribution in [0.5, 0.6) is 5.88 Å². The highest BCUT2D eigenvalue weighted by molar-refractivity contribution is 5.17.